The molecule has 0 aliphatic heterocycles. The number of H-pyrrole nitrogens is 1. The largest absolute Gasteiger partial charge is 0.368 e. The molecule has 52 valence electrons. The summed E-state index contributed by atoms with van der Waals surface area (Å²) in [5, 5.41) is 6.72. The molecule has 2 rings (SSSR count). The summed E-state index contributed by atoms with van der Waals surface area (Å²) in [5.74, 6) is 0.356. The number of hydrogen-bond acceptors (Lipinski definition) is 3. The van der Waals surface area contributed by atoms with Gasteiger partial charge in [-0.2, -0.15) is 0 Å². The van der Waals surface area contributed by atoms with Gasteiger partial charge in [-0.3, -0.25) is 9.50 Å². The Bertz CT molecular complexity index is 324. The lowest BCUT2D eigenvalue weighted by atomic mass is 10.8. The lowest BCUT2D eigenvalue weighted by Crippen LogP contribution is -1.90. The van der Waals surface area contributed by atoms with Crippen molar-refractivity contribution in [2.45, 2.75) is 0 Å². The maximum Gasteiger partial charge on any atom is 0.225 e. The van der Waals surface area contributed by atoms with Crippen LogP contribution in [0.2, 0.25) is 5.15 Å². The van der Waals surface area contributed by atoms with Crippen LogP contribution >= 0.6 is 11.6 Å². The third kappa shape index (κ3) is 0.522. The minimum absolute atomic E-state index is 0.356. The van der Waals surface area contributed by atoms with E-state index in [0.717, 1.165) is 0 Å². The highest BCUT2D eigenvalue weighted by Crippen LogP contribution is 2.13. The van der Waals surface area contributed by atoms with E-state index in [1.807, 2.05) is 0 Å². The van der Waals surface area contributed by atoms with Gasteiger partial charge in [0.15, 0.2) is 10.8 Å². The van der Waals surface area contributed by atoms with Gasteiger partial charge in [0.05, 0.1) is 0 Å². The fourth-order valence-electron chi connectivity index (χ4n) is 0.764. The summed E-state index contributed by atoms with van der Waals surface area (Å²) in [6.07, 6.45) is 1.51. The van der Waals surface area contributed by atoms with E-state index >= 15 is 0 Å². The summed E-state index contributed by atoms with van der Waals surface area (Å²) in [7, 11) is 0. The standard InChI is InChI=1S/C4H4ClN5/c5-2-3-8-9-4(6)10(3)1-7-2/h1,8H,(H2,6,9). The van der Waals surface area contributed by atoms with Crippen LogP contribution in [0, 0.1) is 0 Å². The predicted octanol–water partition coefficient (Wildman–Crippen LogP) is 0.293. The minimum atomic E-state index is 0.356. The Kier molecular flexibility index (Phi) is 0.906. The number of rotatable bonds is 0. The topological polar surface area (TPSA) is 72.0 Å². The summed E-state index contributed by atoms with van der Waals surface area (Å²) in [6.45, 7) is 0. The van der Waals surface area contributed by atoms with Crippen molar-refractivity contribution in [2.24, 2.45) is 0 Å². The fourth-order valence-corrected chi connectivity index (χ4v) is 0.941. The number of nitrogens with one attached hydrogen (secondary N) is 1. The molecule has 0 aromatic carbocycles. The summed E-state index contributed by atoms with van der Waals surface area (Å²) in [6, 6.07) is 0. The van der Waals surface area contributed by atoms with Crippen molar-refractivity contribution in [3.8, 4) is 0 Å². The molecule has 0 saturated heterocycles. The predicted molar refractivity (Wildman–Crippen MR) is 36.8 cm³/mol. The molecule has 0 amide bonds. The summed E-state index contributed by atoms with van der Waals surface area (Å²) >= 11 is 5.63. The number of aromatic nitrogens is 4. The van der Waals surface area contributed by atoms with Gasteiger partial charge < -0.3 is 5.73 Å². The Morgan fingerprint density at radius 1 is 1.70 bits per heavy atom. The molecule has 2 heterocycles. The average Bonchev–Trinajstić information content (AvgIpc) is 2.41. The van der Waals surface area contributed by atoms with Gasteiger partial charge in [0, 0.05) is 0 Å². The highest BCUT2D eigenvalue weighted by atomic mass is 35.5. The third-order valence-electron chi connectivity index (χ3n) is 1.25. The number of fused-ring (bicyclic) bond motifs is 1. The Hall–Kier alpha value is -1.23. The Balaban J connectivity index is 2.95. The Morgan fingerprint density at radius 2 is 2.50 bits per heavy atom. The number of imidazole rings is 1. The molecule has 10 heavy (non-hydrogen) atoms. The monoisotopic (exact) mass is 157 g/mol. The number of nitrogens with two attached hydrogens (primary N) is 1. The first-order valence-electron chi connectivity index (χ1n) is 2.61. The second-order valence-corrected chi connectivity index (χ2v) is 2.19. The van der Waals surface area contributed by atoms with Crippen molar-refractivity contribution in [2.75, 3.05) is 5.73 Å². The number of nitrogens with zero attached hydrogens (tertiary/aromatic N) is 3. The van der Waals surface area contributed by atoms with Crippen LogP contribution < -0.4 is 5.73 Å². The van der Waals surface area contributed by atoms with Crippen LogP contribution in [0.1, 0.15) is 0 Å². The Morgan fingerprint density at radius 3 is 3.20 bits per heavy atom. The molecule has 0 spiro atoms. The van der Waals surface area contributed by atoms with Crippen LogP contribution in [-0.2, 0) is 0 Å². The van der Waals surface area contributed by atoms with Crippen molar-refractivity contribution >= 4 is 23.2 Å². The first-order chi connectivity index (χ1) is 4.79. The van der Waals surface area contributed by atoms with Gasteiger partial charge in [-0.15, -0.1) is 5.10 Å². The van der Waals surface area contributed by atoms with E-state index in [0.29, 0.717) is 16.7 Å². The van der Waals surface area contributed by atoms with E-state index in [4.69, 9.17) is 17.3 Å². The highest BCUT2D eigenvalue weighted by Gasteiger charge is 2.04. The van der Waals surface area contributed by atoms with Crippen LogP contribution in [0.4, 0.5) is 5.95 Å². The van der Waals surface area contributed by atoms with Crippen LogP contribution in [0.25, 0.3) is 5.65 Å². The van der Waals surface area contributed by atoms with Crippen molar-refractivity contribution < 1.29 is 0 Å². The van der Waals surface area contributed by atoms with Gasteiger partial charge >= 0.3 is 0 Å². The maximum absolute atomic E-state index is 5.63. The molecule has 0 unspecified atom stereocenters. The molecule has 0 atom stereocenters. The van der Waals surface area contributed by atoms with Crippen molar-refractivity contribution in [3.63, 3.8) is 0 Å². The SMILES string of the molecule is Nc1n[nH]c2c(Cl)ncn12. The molecule has 5 nitrogen and oxygen atoms in total. The molecule has 3 N–H and O–H groups in total. The highest BCUT2D eigenvalue weighted by molar-refractivity contribution is 6.32. The number of anilines is 1. The number of aromatic amines is 1. The second-order valence-electron chi connectivity index (χ2n) is 1.84. The van der Waals surface area contributed by atoms with Gasteiger partial charge in [-0.25, -0.2) is 4.98 Å². The molecular weight excluding hydrogens is 154 g/mol. The minimum Gasteiger partial charge on any atom is -0.368 e. The number of nitrogen functional groups attached to an aromatic ring is 1. The van der Waals surface area contributed by atoms with E-state index < -0.39 is 0 Å². The molecule has 2 aromatic rings. The third-order valence-corrected chi connectivity index (χ3v) is 1.52. The van der Waals surface area contributed by atoms with E-state index in [2.05, 4.69) is 15.2 Å². The second kappa shape index (κ2) is 1.63. The quantitative estimate of drug-likeness (QED) is 0.578. The molecule has 6 heteroatoms. The van der Waals surface area contributed by atoms with E-state index in [9.17, 15) is 0 Å². The van der Waals surface area contributed by atoms with Crippen molar-refractivity contribution in [1.82, 2.24) is 19.6 Å². The first kappa shape index (κ1) is 5.55. The molecule has 0 radical (unpaired) electrons. The lowest BCUT2D eigenvalue weighted by Gasteiger charge is -1.79. The van der Waals surface area contributed by atoms with E-state index in [1.165, 1.54) is 6.33 Å². The van der Waals surface area contributed by atoms with Crippen LogP contribution in [-0.4, -0.2) is 19.6 Å². The molecule has 0 aliphatic carbocycles. The molecule has 2 aromatic heterocycles. The first-order valence-corrected chi connectivity index (χ1v) is 2.99. The van der Waals surface area contributed by atoms with Crippen LogP contribution in [0.3, 0.4) is 0 Å². The zero-order chi connectivity index (χ0) is 7.14. The van der Waals surface area contributed by atoms with Gasteiger partial charge in [0.25, 0.3) is 0 Å². The maximum atomic E-state index is 5.63. The summed E-state index contributed by atoms with van der Waals surface area (Å²) in [4.78, 5) is 3.79. The molecule has 0 aliphatic rings. The van der Waals surface area contributed by atoms with Gasteiger partial charge in [0.2, 0.25) is 5.95 Å². The molecular formula is C4H4ClN5. The zero-order valence-corrected chi connectivity index (χ0v) is 5.63. The molecule has 0 fully saturated rings. The van der Waals surface area contributed by atoms with Crippen molar-refractivity contribution in [1.29, 1.82) is 0 Å². The normalized spacial score (nSPS) is 10.9. The zero-order valence-electron chi connectivity index (χ0n) is 4.87. The van der Waals surface area contributed by atoms with Gasteiger partial charge in [-0.05, 0) is 0 Å². The summed E-state index contributed by atoms with van der Waals surface area (Å²) in [5.41, 5.74) is 6.04. The lowest BCUT2D eigenvalue weighted by molar-refractivity contribution is 1.10. The molecule has 0 bridgehead atoms. The fraction of sp³-hybridized carbons (Fsp3) is 0. The van der Waals surface area contributed by atoms with Crippen LogP contribution in [0.5, 0.6) is 0 Å². The van der Waals surface area contributed by atoms with Crippen molar-refractivity contribution in [3.05, 3.63) is 11.5 Å². The van der Waals surface area contributed by atoms with E-state index in [-0.39, 0.29) is 0 Å². The van der Waals surface area contributed by atoms with E-state index in [1.54, 1.807) is 4.40 Å². The Labute approximate surface area is 60.8 Å². The number of halogens is 1. The molecule has 0 saturated carbocycles. The van der Waals surface area contributed by atoms with Gasteiger partial charge in [-0.1, -0.05) is 11.6 Å². The number of hydrogen-bond donors (Lipinski definition) is 2. The van der Waals surface area contributed by atoms with Gasteiger partial charge in [0.1, 0.15) is 6.33 Å². The smallest absolute Gasteiger partial charge is 0.225 e. The summed E-state index contributed by atoms with van der Waals surface area (Å²) < 4.78 is 1.57. The average molecular weight is 158 g/mol. The van der Waals surface area contributed by atoms with Crippen LogP contribution in [0.15, 0.2) is 6.33 Å².